The summed E-state index contributed by atoms with van der Waals surface area (Å²) in [5.74, 6) is 0. The van der Waals surface area contributed by atoms with Crippen LogP contribution in [0.25, 0.3) is 0 Å². The van der Waals surface area contributed by atoms with Crippen molar-refractivity contribution in [1.82, 2.24) is 20.0 Å². The van der Waals surface area contributed by atoms with Crippen LogP contribution in [-0.4, -0.2) is 46.9 Å². The van der Waals surface area contributed by atoms with E-state index in [4.69, 9.17) is 0 Å². The monoisotopic (exact) mass is 321 g/mol. The van der Waals surface area contributed by atoms with Crippen LogP contribution in [0, 0.1) is 0 Å². The first-order chi connectivity index (χ1) is 10.9. The topological polar surface area (TPSA) is 62.2 Å². The molecule has 23 heavy (non-hydrogen) atoms. The maximum Gasteiger partial charge on any atom is 0.319 e. The van der Waals surface area contributed by atoms with Crippen molar-refractivity contribution in [2.45, 2.75) is 64.5 Å². The van der Waals surface area contributed by atoms with E-state index < -0.39 is 0 Å². The zero-order valence-corrected chi connectivity index (χ0v) is 14.9. The van der Waals surface area contributed by atoms with Gasteiger partial charge in [0, 0.05) is 25.3 Å². The van der Waals surface area contributed by atoms with Crippen molar-refractivity contribution >= 4 is 11.7 Å². The molecule has 6 nitrogen and oxygen atoms in total. The number of carbonyl (C=O) groups excluding carboxylic acids is 1. The Bertz CT molecular complexity index is 499. The molecule has 2 rings (SSSR count). The first-order valence-corrected chi connectivity index (χ1v) is 8.66. The Morgan fingerprint density at radius 1 is 1.35 bits per heavy atom. The highest BCUT2D eigenvalue weighted by Gasteiger charge is 2.18. The van der Waals surface area contributed by atoms with Crippen molar-refractivity contribution in [2.24, 2.45) is 0 Å². The fourth-order valence-electron chi connectivity index (χ4n) is 2.98. The molecule has 1 aliphatic rings. The molecule has 1 aliphatic carbocycles. The van der Waals surface area contributed by atoms with Gasteiger partial charge in [-0.15, -0.1) is 0 Å². The second-order valence-corrected chi connectivity index (χ2v) is 7.50. The number of urea groups is 1. The average molecular weight is 321 g/mol. The molecular weight excluding hydrogens is 290 g/mol. The van der Waals surface area contributed by atoms with E-state index >= 15 is 0 Å². The smallest absolute Gasteiger partial charge is 0.319 e. The molecule has 1 fully saturated rings. The van der Waals surface area contributed by atoms with Gasteiger partial charge in [0.2, 0.25) is 0 Å². The zero-order chi connectivity index (χ0) is 16.9. The first kappa shape index (κ1) is 17.8. The first-order valence-electron chi connectivity index (χ1n) is 8.66. The van der Waals surface area contributed by atoms with E-state index in [0.29, 0.717) is 12.6 Å². The summed E-state index contributed by atoms with van der Waals surface area (Å²) in [6, 6.07) is 0.508. The predicted octanol–water partition coefficient (Wildman–Crippen LogP) is 3.02. The van der Waals surface area contributed by atoms with E-state index in [1.54, 1.807) is 6.20 Å². The molecule has 0 aromatic carbocycles. The lowest BCUT2D eigenvalue weighted by Gasteiger charge is -2.31. The van der Waals surface area contributed by atoms with E-state index in [0.717, 1.165) is 12.2 Å². The molecule has 0 radical (unpaired) electrons. The summed E-state index contributed by atoms with van der Waals surface area (Å²) in [5, 5.41) is 10.0. The molecule has 0 unspecified atom stereocenters. The van der Waals surface area contributed by atoms with Gasteiger partial charge in [-0.25, -0.2) is 4.79 Å². The van der Waals surface area contributed by atoms with Crippen LogP contribution in [-0.2, 0) is 5.54 Å². The number of rotatable bonds is 5. The number of likely N-dealkylation sites (N-methyl/N-ethyl adjacent to an activating group) is 1. The Kier molecular flexibility index (Phi) is 6.04. The lowest BCUT2D eigenvalue weighted by molar-refractivity contribution is 0.192. The molecular formula is C17H31N5O. The van der Waals surface area contributed by atoms with Crippen LogP contribution in [0.5, 0.6) is 0 Å². The van der Waals surface area contributed by atoms with Gasteiger partial charge >= 0.3 is 6.03 Å². The number of hydrogen-bond donors (Lipinski definition) is 2. The summed E-state index contributed by atoms with van der Waals surface area (Å²) in [6.45, 7) is 7.77. The summed E-state index contributed by atoms with van der Waals surface area (Å²) in [6.07, 6.45) is 10.1. The van der Waals surface area contributed by atoms with Gasteiger partial charge in [0.05, 0.1) is 17.4 Å². The van der Waals surface area contributed by atoms with Gasteiger partial charge < -0.3 is 15.5 Å². The van der Waals surface area contributed by atoms with Gasteiger partial charge in [-0.1, -0.05) is 19.3 Å². The highest BCUT2D eigenvalue weighted by molar-refractivity contribution is 5.88. The molecule has 2 amide bonds. The fourth-order valence-corrected chi connectivity index (χ4v) is 2.98. The third kappa shape index (κ3) is 5.53. The number of nitrogens with zero attached hydrogens (tertiary/aromatic N) is 3. The van der Waals surface area contributed by atoms with E-state index in [2.05, 4.69) is 48.5 Å². The Hall–Kier alpha value is -1.56. The van der Waals surface area contributed by atoms with E-state index in [1.807, 2.05) is 10.9 Å². The molecule has 0 atom stereocenters. The minimum absolute atomic E-state index is 0.0842. The molecule has 2 N–H and O–H groups in total. The summed E-state index contributed by atoms with van der Waals surface area (Å²) in [7, 11) is 2.16. The fraction of sp³-hybridized carbons (Fsp3) is 0.765. The standard InChI is InChI=1S/C17H31N5O/c1-17(2,3)22-13-14(12-19-22)20-16(23)18-10-11-21(4)15-8-6-5-7-9-15/h12-13,15H,5-11H2,1-4H3,(H2,18,20,23). The van der Waals surface area contributed by atoms with Crippen LogP contribution < -0.4 is 10.6 Å². The predicted molar refractivity (Wildman–Crippen MR) is 93.7 cm³/mol. The molecule has 0 saturated heterocycles. The van der Waals surface area contributed by atoms with E-state index in [9.17, 15) is 4.79 Å². The van der Waals surface area contributed by atoms with E-state index in [1.165, 1.54) is 32.1 Å². The average Bonchev–Trinajstić information content (AvgIpc) is 2.96. The molecule has 1 aromatic heterocycles. The van der Waals surface area contributed by atoms with Crippen molar-refractivity contribution in [3.8, 4) is 0 Å². The molecule has 0 aliphatic heterocycles. The highest BCUT2D eigenvalue weighted by Crippen LogP contribution is 2.21. The van der Waals surface area contributed by atoms with Gasteiger partial charge in [-0.2, -0.15) is 5.10 Å². The number of nitrogens with one attached hydrogen (secondary N) is 2. The SMILES string of the molecule is CN(CCNC(=O)Nc1cnn(C(C)(C)C)c1)C1CCCCC1. The normalized spacial score (nSPS) is 16.6. The number of aromatic nitrogens is 2. The quantitative estimate of drug-likeness (QED) is 0.876. The molecule has 1 heterocycles. The van der Waals surface area contributed by atoms with Crippen LogP contribution >= 0.6 is 0 Å². The largest absolute Gasteiger partial charge is 0.337 e. The Morgan fingerprint density at radius 2 is 2.04 bits per heavy atom. The summed E-state index contributed by atoms with van der Waals surface area (Å²) < 4.78 is 1.85. The van der Waals surface area contributed by atoms with Gasteiger partial charge in [0.15, 0.2) is 0 Å². The maximum atomic E-state index is 12.0. The minimum atomic E-state index is -0.171. The number of carbonyl (C=O) groups is 1. The minimum Gasteiger partial charge on any atom is -0.337 e. The van der Waals surface area contributed by atoms with Gasteiger partial charge in [0.1, 0.15) is 0 Å². The van der Waals surface area contributed by atoms with Gasteiger partial charge in [-0.3, -0.25) is 4.68 Å². The zero-order valence-electron chi connectivity index (χ0n) is 14.9. The Labute approximate surface area is 139 Å². The summed E-state index contributed by atoms with van der Waals surface area (Å²) in [4.78, 5) is 14.3. The molecule has 0 spiro atoms. The number of amides is 2. The van der Waals surface area contributed by atoms with Crippen LogP contribution in [0.4, 0.5) is 10.5 Å². The number of hydrogen-bond acceptors (Lipinski definition) is 3. The lowest BCUT2D eigenvalue weighted by atomic mass is 9.94. The van der Waals surface area contributed by atoms with Crippen LogP contribution in [0.2, 0.25) is 0 Å². The molecule has 0 bridgehead atoms. The van der Waals surface area contributed by atoms with Crippen LogP contribution in [0.3, 0.4) is 0 Å². The van der Waals surface area contributed by atoms with Crippen LogP contribution in [0.15, 0.2) is 12.4 Å². The maximum absolute atomic E-state index is 12.0. The van der Waals surface area contributed by atoms with Crippen LogP contribution in [0.1, 0.15) is 52.9 Å². The molecule has 6 heteroatoms. The van der Waals surface area contributed by atoms with Crippen molar-refractivity contribution in [3.63, 3.8) is 0 Å². The van der Waals surface area contributed by atoms with Crippen molar-refractivity contribution in [2.75, 3.05) is 25.5 Å². The van der Waals surface area contributed by atoms with Gasteiger partial charge in [-0.05, 0) is 40.7 Å². The molecule has 130 valence electrons. The second kappa shape index (κ2) is 7.81. The summed E-state index contributed by atoms with van der Waals surface area (Å²) >= 11 is 0. The second-order valence-electron chi connectivity index (χ2n) is 7.50. The third-order valence-corrected chi connectivity index (χ3v) is 4.48. The van der Waals surface area contributed by atoms with Crippen molar-refractivity contribution in [1.29, 1.82) is 0 Å². The van der Waals surface area contributed by atoms with E-state index in [-0.39, 0.29) is 11.6 Å². The summed E-state index contributed by atoms with van der Waals surface area (Å²) in [5.41, 5.74) is 0.636. The lowest BCUT2D eigenvalue weighted by Crippen LogP contribution is -2.40. The van der Waals surface area contributed by atoms with Crippen molar-refractivity contribution in [3.05, 3.63) is 12.4 Å². The van der Waals surface area contributed by atoms with Crippen molar-refractivity contribution < 1.29 is 4.79 Å². The molecule has 1 aromatic rings. The number of anilines is 1. The van der Waals surface area contributed by atoms with Gasteiger partial charge in [0.25, 0.3) is 0 Å². The highest BCUT2D eigenvalue weighted by atomic mass is 16.2. The molecule has 1 saturated carbocycles. The Morgan fingerprint density at radius 3 is 2.65 bits per heavy atom. The Balaban J connectivity index is 1.69. The third-order valence-electron chi connectivity index (χ3n) is 4.48.